The van der Waals surface area contributed by atoms with Crippen LogP contribution in [0.25, 0.3) is 0 Å². The molecule has 0 unspecified atom stereocenters. The Morgan fingerprint density at radius 2 is 2.22 bits per heavy atom. The van der Waals surface area contributed by atoms with Gasteiger partial charge in [-0.25, -0.2) is 4.98 Å². The summed E-state index contributed by atoms with van der Waals surface area (Å²) in [6, 6.07) is 4.41. The van der Waals surface area contributed by atoms with Gasteiger partial charge >= 0.3 is 0 Å². The first-order chi connectivity index (χ1) is 11.2. The number of hydrogen-bond donors (Lipinski definition) is 2. The van der Waals surface area contributed by atoms with Crippen molar-refractivity contribution >= 4 is 5.96 Å². The number of piperidine rings is 1. The highest BCUT2D eigenvalue weighted by Gasteiger charge is 2.19. The van der Waals surface area contributed by atoms with E-state index in [9.17, 15) is 0 Å². The summed E-state index contributed by atoms with van der Waals surface area (Å²) in [7, 11) is 3.44. The fraction of sp³-hybridized carbons (Fsp3) is 0.647. The Bertz CT molecular complexity index is 498. The second-order valence-corrected chi connectivity index (χ2v) is 5.89. The molecule has 2 rings (SSSR count). The molecule has 6 heteroatoms. The zero-order valence-corrected chi connectivity index (χ0v) is 14.5. The lowest BCUT2D eigenvalue weighted by molar-refractivity contribution is 0.206. The Morgan fingerprint density at radius 1 is 1.43 bits per heavy atom. The van der Waals surface area contributed by atoms with Crippen molar-refractivity contribution in [2.75, 3.05) is 33.8 Å². The summed E-state index contributed by atoms with van der Waals surface area (Å²) >= 11 is 0. The van der Waals surface area contributed by atoms with Crippen LogP contribution in [0.3, 0.4) is 0 Å². The fourth-order valence-corrected chi connectivity index (χ4v) is 2.86. The van der Waals surface area contributed by atoms with E-state index in [0.717, 1.165) is 11.5 Å². The number of pyridine rings is 1. The van der Waals surface area contributed by atoms with Gasteiger partial charge in [0.25, 0.3) is 0 Å². The van der Waals surface area contributed by atoms with Crippen molar-refractivity contribution in [3.8, 4) is 5.88 Å². The van der Waals surface area contributed by atoms with Crippen LogP contribution >= 0.6 is 0 Å². The van der Waals surface area contributed by atoms with E-state index >= 15 is 0 Å². The highest BCUT2D eigenvalue weighted by atomic mass is 16.5. The Hall–Kier alpha value is -1.82. The van der Waals surface area contributed by atoms with Crippen LogP contribution in [0.1, 0.15) is 31.7 Å². The van der Waals surface area contributed by atoms with Crippen LogP contribution in [0.2, 0.25) is 0 Å². The summed E-state index contributed by atoms with van der Waals surface area (Å²) in [6.07, 6.45) is 5.33. The smallest absolute Gasteiger partial charge is 0.213 e. The first-order valence-corrected chi connectivity index (χ1v) is 8.43. The van der Waals surface area contributed by atoms with Crippen LogP contribution in [0.15, 0.2) is 23.3 Å². The first kappa shape index (κ1) is 17.5. The molecule has 0 atom stereocenters. The highest BCUT2D eigenvalue weighted by Crippen LogP contribution is 2.11. The maximum Gasteiger partial charge on any atom is 0.213 e. The molecule has 23 heavy (non-hydrogen) atoms. The monoisotopic (exact) mass is 319 g/mol. The first-order valence-electron chi connectivity index (χ1n) is 8.43. The van der Waals surface area contributed by atoms with Crippen molar-refractivity contribution in [3.63, 3.8) is 0 Å². The van der Waals surface area contributed by atoms with E-state index in [2.05, 4.69) is 32.4 Å². The van der Waals surface area contributed by atoms with Crippen molar-refractivity contribution in [1.82, 2.24) is 20.5 Å². The molecule has 1 aliphatic rings. The minimum Gasteiger partial charge on any atom is -0.481 e. The van der Waals surface area contributed by atoms with Crippen LogP contribution in [0.5, 0.6) is 5.88 Å². The fourth-order valence-electron chi connectivity index (χ4n) is 2.86. The molecule has 0 aliphatic carbocycles. The van der Waals surface area contributed by atoms with Gasteiger partial charge in [-0.3, -0.25) is 4.99 Å². The quantitative estimate of drug-likeness (QED) is 0.616. The molecule has 2 heterocycles. The van der Waals surface area contributed by atoms with E-state index in [1.165, 1.54) is 38.9 Å². The van der Waals surface area contributed by atoms with Crippen molar-refractivity contribution in [2.45, 2.75) is 38.8 Å². The molecule has 1 fully saturated rings. The largest absolute Gasteiger partial charge is 0.481 e. The second-order valence-electron chi connectivity index (χ2n) is 5.89. The Labute approximate surface area is 139 Å². The number of methoxy groups -OCH3 is 1. The van der Waals surface area contributed by atoms with Gasteiger partial charge in [-0.05, 0) is 37.4 Å². The van der Waals surface area contributed by atoms with Gasteiger partial charge in [0.2, 0.25) is 5.88 Å². The molecule has 1 aliphatic heterocycles. The zero-order chi connectivity index (χ0) is 16.5. The third kappa shape index (κ3) is 5.71. The van der Waals surface area contributed by atoms with Crippen molar-refractivity contribution in [2.24, 2.45) is 4.99 Å². The molecule has 0 saturated carbocycles. The molecule has 1 aromatic heterocycles. The Kier molecular flexibility index (Phi) is 7.13. The van der Waals surface area contributed by atoms with Crippen molar-refractivity contribution in [1.29, 1.82) is 0 Å². The Balaban J connectivity index is 1.77. The summed E-state index contributed by atoms with van der Waals surface area (Å²) in [6.45, 7) is 6.50. The van der Waals surface area contributed by atoms with Crippen LogP contribution in [0, 0.1) is 0 Å². The third-order valence-electron chi connectivity index (χ3n) is 4.16. The number of aliphatic imine (C=N–C) groups is 1. The molecule has 2 N–H and O–H groups in total. The molecular weight excluding hydrogens is 290 g/mol. The number of ether oxygens (including phenoxy) is 1. The minimum absolute atomic E-state index is 0.501. The van der Waals surface area contributed by atoms with E-state index in [0.29, 0.717) is 18.5 Å². The summed E-state index contributed by atoms with van der Waals surface area (Å²) in [5.41, 5.74) is 1.12. The summed E-state index contributed by atoms with van der Waals surface area (Å²) in [5, 5.41) is 6.90. The zero-order valence-electron chi connectivity index (χ0n) is 14.5. The molecule has 128 valence electrons. The van der Waals surface area contributed by atoms with E-state index in [1.807, 2.05) is 19.2 Å². The number of nitrogens with zero attached hydrogens (tertiary/aromatic N) is 3. The molecule has 0 bridgehead atoms. The maximum atomic E-state index is 5.15. The van der Waals surface area contributed by atoms with Gasteiger partial charge < -0.3 is 20.3 Å². The topological polar surface area (TPSA) is 61.8 Å². The molecule has 0 spiro atoms. The molecule has 1 saturated heterocycles. The molecule has 0 aromatic carbocycles. The van der Waals surface area contributed by atoms with E-state index < -0.39 is 0 Å². The van der Waals surface area contributed by atoms with E-state index in [-0.39, 0.29) is 0 Å². The highest BCUT2D eigenvalue weighted by molar-refractivity contribution is 5.79. The SMILES string of the molecule is CCCN1CCC(NC(=NC)NCc2ccnc(OC)c2)CC1. The molecule has 6 nitrogen and oxygen atoms in total. The molecular formula is C17H29N5O. The van der Waals surface area contributed by atoms with Crippen LogP contribution in [-0.4, -0.2) is 55.7 Å². The van der Waals surface area contributed by atoms with E-state index in [1.54, 1.807) is 13.3 Å². The lowest BCUT2D eigenvalue weighted by Gasteiger charge is -2.32. The Morgan fingerprint density at radius 3 is 2.87 bits per heavy atom. The predicted octanol–water partition coefficient (Wildman–Crippen LogP) is 1.63. The maximum absolute atomic E-state index is 5.15. The standard InChI is InChI=1S/C17H29N5O/c1-4-9-22-10-6-15(7-11-22)21-17(18-2)20-13-14-5-8-19-16(12-14)23-3/h5,8,12,15H,4,6-7,9-11,13H2,1-3H3,(H2,18,20,21). The number of aromatic nitrogens is 1. The van der Waals surface area contributed by atoms with Gasteiger partial charge in [0.15, 0.2) is 5.96 Å². The summed E-state index contributed by atoms with van der Waals surface area (Å²) in [5.74, 6) is 1.49. The van der Waals surface area contributed by atoms with Crippen LogP contribution in [-0.2, 0) is 6.54 Å². The van der Waals surface area contributed by atoms with Gasteiger partial charge in [0.05, 0.1) is 7.11 Å². The third-order valence-corrected chi connectivity index (χ3v) is 4.16. The lowest BCUT2D eigenvalue weighted by Crippen LogP contribution is -2.48. The van der Waals surface area contributed by atoms with Gasteiger partial charge in [0.1, 0.15) is 0 Å². The minimum atomic E-state index is 0.501. The molecule has 0 radical (unpaired) electrons. The average molecular weight is 319 g/mol. The molecule has 0 amide bonds. The number of rotatable bonds is 6. The normalized spacial score (nSPS) is 17.1. The van der Waals surface area contributed by atoms with Crippen molar-refractivity contribution in [3.05, 3.63) is 23.9 Å². The average Bonchev–Trinajstić information content (AvgIpc) is 2.60. The van der Waals surface area contributed by atoms with Gasteiger partial charge in [-0.2, -0.15) is 0 Å². The number of hydrogen-bond acceptors (Lipinski definition) is 4. The number of likely N-dealkylation sites (tertiary alicyclic amines) is 1. The number of nitrogens with one attached hydrogen (secondary N) is 2. The second kappa shape index (κ2) is 9.35. The van der Waals surface area contributed by atoms with Gasteiger partial charge in [-0.15, -0.1) is 0 Å². The van der Waals surface area contributed by atoms with Crippen molar-refractivity contribution < 1.29 is 4.74 Å². The van der Waals surface area contributed by atoms with E-state index in [4.69, 9.17) is 4.74 Å². The van der Waals surface area contributed by atoms with Gasteiger partial charge in [0, 0.05) is 45.0 Å². The summed E-state index contributed by atoms with van der Waals surface area (Å²) < 4.78 is 5.15. The predicted molar refractivity (Wildman–Crippen MR) is 93.9 cm³/mol. The van der Waals surface area contributed by atoms with Gasteiger partial charge in [-0.1, -0.05) is 6.92 Å². The molecule has 1 aromatic rings. The summed E-state index contributed by atoms with van der Waals surface area (Å²) in [4.78, 5) is 11.0. The van der Waals surface area contributed by atoms with Crippen LogP contribution < -0.4 is 15.4 Å². The lowest BCUT2D eigenvalue weighted by atomic mass is 10.1. The van der Waals surface area contributed by atoms with Crippen LogP contribution in [0.4, 0.5) is 0 Å². The number of guanidine groups is 1.